The Morgan fingerprint density at radius 2 is 1.90 bits per heavy atom. The van der Waals surface area contributed by atoms with E-state index in [0.717, 1.165) is 16.5 Å². The molecule has 0 amide bonds. The number of rotatable bonds is 3. The number of aromatic nitrogens is 3. The van der Waals surface area contributed by atoms with Crippen LogP contribution in [0.3, 0.4) is 0 Å². The zero-order chi connectivity index (χ0) is 13.9. The van der Waals surface area contributed by atoms with Crippen molar-refractivity contribution in [2.24, 2.45) is 5.73 Å². The highest BCUT2D eigenvalue weighted by atomic mass is 16.5. The Morgan fingerprint density at radius 1 is 1.05 bits per heavy atom. The average Bonchev–Trinajstić information content (AvgIpc) is 2.53. The van der Waals surface area contributed by atoms with Gasteiger partial charge in [-0.25, -0.2) is 4.98 Å². The van der Waals surface area contributed by atoms with E-state index in [1.54, 1.807) is 25.7 Å². The van der Waals surface area contributed by atoms with E-state index in [9.17, 15) is 0 Å². The van der Waals surface area contributed by atoms with Gasteiger partial charge in [0.25, 0.3) is 0 Å². The molecule has 2 heterocycles. The molecule has 3 aromatic rings. The van der Waals surface area contributed by atoms with Gasteiger partial charge in [0, 0.05) is 24.0 Å². The molecule has 2 aromatic heterocycles. The summed E-state index contributed by atoms with van der Waals surface area (Å²) in [4.78, 5) is 12.7. The van der Waals surface area contributed by atoms with Gasteiger partial charge in [-0.3, -0.25) is 9.97 Å². The van der Waals surface area contributed by atoms with E-state index in [4.69, 9.17) is 10.5 Å². The minimum atomic E-state index is -0.386. The number of nitrogens with two attached hydrogens (primary N) is 1. The van der Waals surface area contributed by atoms with E-state index in [1.807, 2.05) is 30.3 Å². The van der Waals surface area contributed by atoms with Crippen molar-refractivity contribution in [3.63, 3.8) is 0 Å². The van der Waals surface area contributed by atoms with Gasteiger partial charge in [-0.2, -0.15) is 0 Å². The monoisotopic (exact) mass is 266 g/mol. The number of fused-ring (bicyclic) bond motifs is 1. The Kier molecular flexibility index (Phi) is 3.26. The molecule has 0 saturated carbocycles. The third kappa shape index (κ3) is 2.19. The lowest BCUT2D eigenvalue weighted by Crippen LogP contribution is -2.15. The van der Waals surface area contributed by atoms with Crippen molar-refractivity contribution in [3.8, 4) is 5.88 Å². The second-order valence-electron chi connectivity index (χ2n) is 4.38. The fraction of sp³-hybridized carbons (Fsp3) is 0.133. The summed E-state index contributed by atoms with van der Waals surface area (Å²) in [6.45, 7) is 0. The molecule has 100 valence electrons. The zero-order valence-electron chi connectivity index (χ0n) is 11.0. The predicted octanol–water partition coefficient (Wildman–Crippen LogP) is 2.08. The van der Waals surface area contributed by atoms with Crippen LogP contribution in [0.1, 0.15) is 17.3 Å². The van der Waals surface area contributed by atoms with Crippen LogP contribution in [0.15, 0.2) is 48.9 Å². The molecule has 0 aliphatic heterocycles. The lowest BCUT2D eigenvalue weighted by molar-refractivity contribution is 0.387. The summed E-state index contributed by atoms with van der Waals surface area (Å²) >= 11 is 0. The first-order chi connectivity index (χ1) is 9.79. The van der Waals surface area contributed by atoms with Gasteiger partial charge in [0.2, 0.25) is 5.88 Å². The highest BCUT2D eigenvalue weighted by Crippen LogP contribution is 2.26. The number of hydrogen-bond donors (Lipinski definition) is 1. The second kappa shape index (κ2) is 5.22. The van der Waals surface area contributed by atoms with Crippen LogP contribution in [-0.2, 0) is 0 Å². The maximum absolute atomic E-state index is 6.28. The fourth-order valence-electron chi connectivity index (χ4n) is 2.15. The van der Waals surface area contributed by atoms with Crippen LogP contribution < -0.4 is 10.5 Å². The third-order valence-electron chi connectivity index (χ3n) is 3.17. The Morgan fingerprint density at radius 3 is 2.75 bits per heavy atom. The summed E-state index contributed by atoms with van der Waals surface area (Å²) in [6.07, 6.45) is 4.97. The van der Waals surface area contributed by atoms with E-state index in [0.29, 0.717) is 11.6 Å². The normalized spacial score (nSPS) is 12.3. The first kappa shape index (κ1) is 12.5. The summed E-state index contributed by atoms with van der Waals surface area (Å²) in [6, 6.07) is 9.44. The highest BCUT2D eigenvalue weighted by molar-refractivity contribution is 5.79. The van der Waals surface area contributed by atoms with Crippen molar-refractivity contribution in [3.05, 3.63) is 60.2 Å². The fourth-order valence-corrected chi connectivity index (χ4v) is 2.15. The van der Waals surface area contributed by atoms with Crippen molar-refractivity contribution in [2.45, 2.75) is 6.04 Å². The van der Waals surface area contributed by atoms with Gasteiger partial charge in [-0.1, -0.05) is 12.1 Å². The largest absolute Gasteiger partial charge is 0.480 e. The molecule has 20 heavy (non-hydrogen) atoms. The van der Waals surface area contributed by atoms with Crippen LogP contribution in [0, 0.1) is 0 Å². The van der Waals surface area contributed by atoms with Crippen LogP contribution in [0.5, 0.6) is 5.88 Å². The van der Waals surface area contributed by atoms with Gasteiger partial charge in [-0.15, -0.1) is 0 Å². The maximum atomic E-state index is 6.28. The Balaban J connectivity index is 2.05. The van der Waals surface area contributed by atoms with Crippen LogP contribution in [-0.4, -0.2) is 22.1 Å². The zero-order valence-corrected chi connectivity index (χ0v) is 11.0. The first-order valence-electron chi connectivity index (χ1n) is 6.25. The molecule has 3 rings (SSSR count). The number of methoxy groups -OCH3 is 1. The molecule has 1 atom stereocenters. The van der Waals surface area contributed by atoms with Crippen molar-refractivity contribution in [1.82, 2.24) is 15.0 Å². The number of hydrogen-bond acceptors (Lipinski definition) is 5. The summed E-state index contributed by atoms with van der Waals surface area (Å²) in [5.74, 6) is 0.450. The number of pyridine rings is 1. The minimum absolute atomic E-state index is 0.386. The van der Waals surface area contributed by atoms with Gasteiger partial charge in [0.1, 0.15) is 5.69 Å². The summed E-state index contributed by atoms with van der Waals surface area (Å²) in [5.41, 5.74) is 8.79. The standard InChI is InChI=1S/C15H14N4O/c1-20-15-14(18-7-8-19-15)13(16)11-4-5-12-10(9-11)3-2-6-17-12/h2-9,13H,16H2,1H3. The van der Waals surface area contributed by atoms with Crippen molar-refractivity contribution >= 4 is 10.9 Å². The van der Waals surface area contributed by atoms with Crippen LogP contribution in [0.4, 0.5) is 0 Å². The van der Waals surface area contributed by atoms with E-state index < -0.39 is 0 Å². The van der Waals surface area contributed by atoms with Crippen molar-refractivity contribution in [1.29, 1.82) is 0 Å². The average molecular weight is 266 g/mol. The summed E-state index contributed by atoms with van der Waals surface area (Å²) in [7, 11) is 1.56. The third-order valence-corrected chi connectivity index (χ3v) is 3.17. The Labute approximate surface area is 116 Å². The van der Waals surface area contributed by atoms with Gasteiger partial charge >= 0.3 is 0 Å². The molecule has 0 radical (unpaired) electrons. The first-order valence-corrected chi connectivity index (χ1v) is 6.25. The number of ether oxygens (including phenoxy) is 1. The molecule has 0 aliphatic rings. The molecule has 5 heteroatoms. The molecule has 0 bridgehead atoms. The van der Waals surface area contributed by atoms with Gasteiger partial charge in [0.05, 0.1) is 18.7 Å². The number of nitrogens with zero attached hydrogens (tertiary/aromatic N) is 3. The lowest BCUT2D eigenvalue weighted by Gasteiger charge is -2.14. The highest BCUT2D eigenvalue weighted by Gasteiger charge is 2.16. The molecule has 0 fully saturated rings. The quantitative estimate of drug-likeness (QED) is 0.785. The molecule has 1 unspecified atom stereocenters. The van der Waals surface area contributed by atoms with E-state index >= 15 is 0 Å². The molecular formula is C15H14N4O. The SMILES string of the molecule is COc1nccnc1C(N)c1ccc2ncccc2c1. The maximum Gasteiger partial charge on any atom is 0.237 e. The number of benzene rings is 1. The molecule has 0 aliphatic carbocycles. The van der Waals surface area contributed by atoms with Crippen LogP contribution >= 0.6 is 0 Å². The summed E-state index contributed by atoms with van der Waals surface area (Å²) < 4.78 is 5.21. The minimum Gasteiger partial charge on any atom is -0.480 e. The van der Waals surface area contributed by atoms with Crippen LogP contribution in [0.2, 0.25) is 0 Å². The predicted molar refractivity (Wildman–Crippen MR) is 76.4 cm³/mol. The van der Waals surface area contributed by atoms with Gasteiger partial charge in [0.15, 0.2) is 0 Å². The van der Waals surface area contributed by atoms with Crippen LogP contribution in [0.25, 0.3) is 10.9 Å². The Bertz CT molecular complexity index is 745. The van der Waals surface area contributed by atoms with E-state index in [-0.39, 0.29) is 6.04 Å². The Hall–Kier alpha value is -2.53. The molecule has 0 saturated heterocycles. The van der Waals surface area contributed by atoms with E-state index in [1.165, 1.54) is 0 Å². The molecule has 0 spiro atoms. The smallest absolute Gasteiger partial charge is 0.237 e. The van der Waals surface area contributed by atoms with Crippen molar-refractivity contribution in [2.75, 3.05) is 7.11 Å². The van der Waals surface area contributed by atoms with E-state index in [2.05, 4.69) is 15.0 Å². The molecular weight excluding hydrogens is 252 g/mol. The summed E-state index contributed by atoms with van der Waals surface area (Å²) in [5, 5.41) is 1.04. The lowest BCUT2D eigenvalue weighted by atomic mass is 10.0. The topological polar surface area (TPSA) is 73.9 Å². The van der Waals surface area contributed by atoms with Crippen molar-refractivity contribution < 1.29 is 4.74 Å². The second-order valence-corrected chi connectivity index (χ2v) is 4.38. The molecule has 2 N–H and O–H groups in total. The molecule has 5 nitrogen and oxygen atoms in total. The van der Waals surface area contributed by atoms with Gasteiger partial charge in [-0.05, 0) is 23.8 Å². The molecule has 1 aromatic carbocycles. The van der Waals surface area contributed by atoms with Gasteiger partial charge < -0.3 is 10.5 Å².